The molecule has 5 nitrogen and oxygen atoms in total. The highest BCUT2D eigenvalue weighted by atomic mass is 16.5. The summed E-state index contributed by atoms with van der Waals surface area (Å²) in [6, 6.07) is 0.743. The third-order valence-electron chi connectivity index (χ3n) is 4.65. The Morgan fingerprint density at radius 3 is 3.11 bits per heavy atom. The second-order valence-corrected chi connectivity index (χ2v) is 5.72. The molecule has 4 atom stereocenters. The average molecular weight is 253 g/mol. The summed E-state index contributed by atoms with van der Waals surface area (Å²) in [4.78, 5) is 14.4. The summed E-state index contributed by atoms with van der Waals surface area (Å²) >= 11 is 0. The number of hydrogen-bond acceptors (Lipinski definition) is 3. The molecule has 0 spiro atoms. The topological polar surface area (TPSA) is 53.6 Å². The van der Waals surface area contributed by atoms with Gasteiger partial charge in [-0.2, -0.15) is 0 Å². The van der Waals surface area contributed by atoms with Crippen molar-refractivity contribution in [3.63, 3.8) is 0 Å². The van der Waals surface area contributed by atoms with Crippen LogP contribution in [0.3, 0.4) is 0 Å². The first-order valence-electron chi connectivity index (χ1n) is 7.15. The van der Waals surface area contributed by atoms with Crippen molar-refractivity contribution in [2.45, 2.75) is 31.8 Å². The minimum Gasteiger partial charge on any atom is -0.379 e. The van der Waals surface area contributed by atoms with Crippen molar-refractivity contribution in [2.24, 2.45) is 11.8 Å². The number of nitrogens with zero attached hydrogens (tertiary/aromatic N) is 1. The van der Waals surface area contributed by atoms with E-state index in [-0.39, 0.29) is 12.1 Å². The zero-order valence-electron chi connectivity index (χ0n) is 11.0. The van der Waals surface area contributed by atoms with Gasteiger partial charge in [-0.3, -0.25) is 0 Å². The van der Waals surface area contributed by atoms with E-state index in [2.05, 4.69) is 22.5 Å². The summed E-state index contributed by atoms with van der Waals surface area (Å²) in [5, 5.41) is 6.56. The molecule has 18 heavy (non-hydrogen) atoms. The molecule has 3 saturated heterocycles. The van der Waals surface area contributed by atoms with Crippen LogP contribution in [-0.2, 0) is 4.74 Å². The fraction of sp³-hybridized carbons (Fsp3) is 0.923. The SMILES string of the molecule is CCC1C2CNCC2CN1C(=O)NC1CCOC1. The van der Waals surface area contributed by atoms with Crippen LogP contribution in [0.1, 0.15) is 19.8 Å². The smallest absolute Gasteiger partial charge is 0.317 e. The Labute approximate surface area is 108 Å². The van der Waals surface area contributed by atoms with Crippen molar-refractivity contribution < 1.29 is 9.53 Å². The van der Waals surface area contributed by atoms with Gasteiger partial charge in [0.25, 0.3) is 0 Å². The van der Waals surface area contributed by atoms with Crippen LogP contribution in [0.25, 0.3) is 0 Å². The summed E-state index contributed by atoms with van der Waals surface area (Å²) in [7, 11) is 0. The molecule has 0 bridgehead atoms. The lowest BCUT2D eigenvalue weighted by molar-refractivity contribution is 0.169. The second kappa shape index (κ2) is 5.05. The highest BCUT2D eigenvalue weighted by Crippen LogP contribution is 2.34. The van der Waals surface area contributed by atoms with E-state index in [1.807, 2.05) is 0 Å². The number of likely N-dealkylation sites (tertiary alicyclic amines) is 1. The standard InChI is InChI=1S/C13H23N3O2/c1-2-12-11-6-14-5-9(11)7-16(12)13(17)15-10-3-4-18-8-10/h9-12,14H,2-8H2,1H3,(H,15,17). The molecule has 2 amide bonds. The monoisotopic (exact) mass is 253 g/mol. The molecule has 4 unspecified atom stereocenters. The van der Waals surface area contributed by atoms with Gasteiger partial charge in [0.15, 0.2) is 0 Å². The van der Waals surface area contributed by atoms with Crippen molar-refractivity contribution in [2.75, 3.05) is 32.8 Å². The molecule has 3 aliphatic heterocycles. The lowest BCUT2D eigenvalue weighted by atomic mass is 9.93. The molecular formula is C13H23N3O2. The van der Waals surface area contributed by atoms with Crippen LogP contribution in [0.5, 0.6) is 0 Å². The molecule has 102 valence electrons. The van der Waals surface area contributed by atoms with Crippen molar-refractivity contribution in [1.82, 2.24) is 15.5 Å². The molecule has 0 aromatic heterocycles. The van der Waals surface area contributed by atoms with Crippen molar-refractivity contribution in [3.05, 3.63) is 0 Å². The number of urea groups is 1. The van der Waals surface area contributed by atoms with Crippen LogP contribution >= 0.6 is 0 Å². The zero-order chi connectivity index (χ0) is 12.5. The number of rotatable bonds is 2. The maximum atomic E-state index is 12.3. The molecule has 3 heterocycles. The normalized spacial score (nSPS) is 39.1. The number of amides is 2. The first kappa shape index (κ1) is 12.2. The van der Waals surface area contributed by atoms with Gasteiger partial charge in [-0.05, 0) is 24.7 Å². The predicted molar refractivity (Wildman–Crippen MR) is 68.4 cm³/mol. The number of carbonyl (C=O) groups excluding carboxylic acids is 1. The van der Waals surface area contributed by atoms with E-state index >= 15 is 0 Å². The molecular weight excluding hydrogens is 230 g/mol. The van der Waals surface area contributed by atoms with Crippen LogP contribution in [0, 0.1) is 11.8 Å². The van der Waals surface area contributed by atoms with Gasteiger partial charge in [-0.25, -0.2) is 4.79 Å². The number of nitrogens with one attached hydrogen (secondary N) is 2. The first-order chi connectivity index (χ1) is 8.79. The molecule has 5 heteroatoms. The Bertz CT molecular complexity index is 317. The van der Waals surface area contributed by atoms with Gasteiger partial charge in [-0.15, -0.1) is 0 Å². The van der Waals surface area contributed by atoms with Gasteiger partial charge in [0, 0.05) is 32.3 Å². The Hall–Kier alpha value is -0.810. The van der Waals surface area contributed by atoms with Crippen LogP contribution in [0.15, 0.2) is 0 Å². The summed E-state index contributed by atoms with van der Waals surface area (Å²) in [5.74, 6) is 1.31. The molecule has 3 rings (SSSR count). The van der Waals surface area contributed by atoms with Gasteiger partial charge < -0.3 is 20.3 Å². The van der Waals surface area contributed by atoms with Crippen LogP contribution in [0.4, 0.5) is 4.79 Å². The molecule has 0 aliphatic carbocycles. The lowest BCUT2D eigenvalue weighted by Crippen LogP contribution is -2.48. The van der Waals surface area contributed by atoms with Gasteiger partial charge in [0.2, 0.25) is 0 Å². The van der Waals surface area contributed by atoms with Gasteiger partial charge in [0.05, 0.1) is 12.6 Å². The number of hydrogen-bond donors (Lipinski definition) is 2. The van der Waals surface area contributed by atoms with Crippen LogP contribution in [0.2, 0.25) is 0 Å². The second-order valence-electron chi connectivity index (χ2n) is 5.72. The van der Waals surface area contributed by atoms with E-state index in [4.69, 9.17) is 4.74 Å². The van der Waals surface area contributed by atoms with E-state index in [9.17, 15) is 4.79 Å². The summed E-state index contributed by atoms with van der Waals surface area (Å²) in [5.41, 5.74) is 0. The lowest BCUT2D eigenvalue weighted by Gasteiger charge is -2.28. The molecule has 0 saturated carbocycles. The summed E-state index contributed by atoms with van der Waals surface area (Å²) < 4.78 is 5.31. The van der Waals surface area contributed by atoms with Gasteiger partial charge >= 0.3 is 6.03 Å². The van der Waals surface area contributed by atoms with Crippen molar-refractivity contribution in [1.29, 1.82) is 0 Å². The Morgan fingerprint density at radius 1 is 1.50 bits per heavy atom. The fourth-order valence-corrected chi connectivity index (χ4v) is 3.69. The van der Waals surface area contributed by atoms with Gasteiger partial charge in [-0.1, -0.05) is 6.92 Å². The van der Waals surface area contributed by atoms with Gasteiger partial charge in [0.1, 0.15) is 0 Å². The maximum absolute atomic E-state index is 12.3. The highest BCUT2D eigenvalue weighted by molar-refractivity contribution is 5.75. The largest absolute Gasteiger partial charge is 0.379 e. The predicted octanol–water partition coefficient (Wildman–Crippen LogP) is 0.415. The van der Waals surface area contributed by atoms with E-state index in [1.165, 1.54) is 0 Å². The maximum Gasteiger partial charge on any atom is 0.317 e. The van der Waals surface area contributed by atoms with Crippen LogP contribution < -0.4 is 10.6 Å². The third kappa shape index (κ3) is 2.10. The Morgan fingerprint density at radius 2 is 2.39 bits per heavy atom. The minimum atomic E-state index is 0.117. The average Bonchev–Trinajstić information content (AvgIpc) is 3.03. The molecule has 0 aromatic rings. The molecule has 3 aliphatic rings. The van der Waals surface area contributed by atoms with E-state index in [0.29, 0.717) is 24.5 Å². The number of fused-ring (bicyclic) bond motifs is 1. The van der Waals surface area contributed by atoms with Crippen molar-refractivity contribution in [3.8, 4) is 0 Å². The Kier molecular flexibility index (Phi) is 3.43. The third-order valence-corrected chi connectivity index (χ3v) is 4.65. The van der Waals surface area contributed by atoms with E-state index < -0.39 is 0 Å². The first-order valence-corrected chi connectivity index (χ1v) is 7.15. The minimum absolute atomic E-state index is 0.117. The van der Waals surface area contributed by atoms with E-state index in [0.717, 1.165) is 39.1 Å². The quantitative estimate of drug-likeness (QED) is 0.749. The highest BCUT2D eigenvalue weighted by Gasteiger charge is 2.45. The fourth-order valence-electron chi connectivity index (χ4n) is 3.69. The summed E-state index contributed by atoms with van der Waals surface area (Å²) in [6.45, 7) is 6.68. The molecule has 3 fully saturated rings. The summed E-state index contributed by atoms with van der Waals surface area (Å²) in [6.07, 6.45) is 2.00. The molecule has 0 radical (unpaired) electrons. The van der Waals surface area contributed by atoms with E-state index in [1.54, 1.807) is 0 Å². The van der Waals surface area contributed by atoms with Crippen LogP contribution in [-0.4, -0.2) is 55.9 Å². The van der Waals surface area contributed by atoms with Crippen molar-refractivity contribution >= 4 is 6.03 Å². The number of ether oxygens (including phenoxy) is 1. The Balaban J connectivity index is 1.62. The molecule has 2 N–H and O–H groups in total. The number of carbonyl (C=O) groups is 1. The zero-order valence-corrected chi connectivity index (χ0v) is 11.0. The molecule has 0 aromatic carbocycles.